The van der Waals surface area contributed by atoms with Crippen molar-refractivity contribution < 1.29 is 28.4 Å². The Morgan fingerprint density at radius 2 is 1.80 bits per heavy atom. The summed E-state index contributed by atoms with van der Waals surface area (Å²) in [6.45, 7) is 8.03. The van der Waals surface area contributed by atoms with Crippen LogP contribution in [0.25, 0.3) is 0 Å². The van der Waals surface area contributed by atoms with Gasteiger partial charge in [0, 0.05) is 18.2 Å². The van der Waals surface area contributed by atoms with E-state index in [9.17, 15) is 4.79 Å². The summed E-state index contributed by atoms with van der Waals surface area (Å²) >= 11 is 0. The van der Waals surface area contributed by atoms with Crippen molar-refractivity contribution in [3.05, 3.63) is 41.5 Å². The predicted molar refractivity (Wildman–Crippen MR) is 75.7 cm³/mol. The zero-order valence-corrected chi connectivity index (χ0v) is 13.1. The number of amides is 1. The van der Waals surface area contributed by atoms with Crippen molar-refractivity contribution in [3.63, 3.8) is 0 Å². The average molecular weight is 267 g/mol. The fourth-order valence-electron chi connectivity index (χ4n) is 2.68. The second kappa shape index (κ2) is 7.11. The summed E-state index contributed by atoms with van der Waals surface area (Å²) in [6.07, 6.45) is 2.35. The number of rotatable bonds is 3. The summed E-state index contributed by atoms with van der Waals surface area (Å²) < 4.78 is 5.63. The monoisotopic (exact) mass is 267 g/mol. The fourth-order valence-corrected chi connectivity index (χ4v) is 2.68. The molecule has 4 heteroatoms. The van der Waals surface area contributed by atoms with Gasteiger partial charge < -0.3 is 9.64 Å². The predicted octanol–water partition coefficient (Wildman–Crippen LogP) is 0.772. The van der Waals surface area contributed by atoms with Gasteiger partial charge in [-0.25, -0.2) is 4.79 Å². The van der Waals surface area contributed by atoms with Crippen molar-refractivity contribution in [1.29, 1.82) is 0 Å². The maximum absolute atomic E-state index is 12.3. The molecule has 0 N–H and O–H groups in total. The molecular weight excluding hydrogens is 245 g/mol. The molecule has 0 heterocycles. The Bertz CT molecular complexity index is 452. The molecule has 1 amide bonds. The van der Waals surface area contributed by atoms with E-state index in [2.05, 4.69) is 6.07 Å². The maximum Gasteiger partial charge on any atom is 1.00 e. The van der Waals surface area contributed by atoms with Crippen LogP contribution in [0.3, 0.4) is 0 Å². The fraction of sp³-hybridized carbons (Fsp3) is 0.500. The third kappa shape index (κ3) is 3.53. The Kier molecular flexibility index (Phi) is 6.04. The van der Waals surface area contributed by atoms with E-state index in [1.165, 1.54) is 5.56 Å². The smallest absolute Gasteiger partial charge is 0.478 e. The second-order valence-corrected chi connectivity index (χ2v) is 5.54. The molecule has 104 valence electrons. The molecule has 0 saturated carbocycles. The zero-order valence-electron chi connectivity index (χ0n) is 13.1. The Hall–Kier alpha value is -1.04. The molecule has 2 rings (SSSR count). The van der Waals surface area contributed by atoms with Crippen molar-refractivity contribution in [1.82, 2.24) is 4.90 Å². The largest absolute Gasteiger partial charge is 1.00 e. The summed E-state index contributed by atoms with van der Waals surface area (Å²) in [5.74, 6) is 0. The van der Waals surface area contributed by atoms with Crippen LogP contribution in [0.2, 0.25) is 0 Å². The van der Waals surface area contributed by atoms with E-state index >= 15 is 0 Å². The van der Waals surface area contributed by atoms with E-state index in [0.717, 1.165) is 24.5 Å². The van der Waals surface area contributed by atoms with Gasteiger partial charge in [-0.05, 0) is 34.1 Å². The molecule has 0 spiro atoms. The van der Waals surface area contributed by atoms with E-state index in [4.69, 9.17) is 4.74 Å². The molecule has 20 heavy (non-hydrogen) atoms. The van der Waals surface area contributed by atoms with Crippen LogP contribution < -0.4 is 18.9 Å². The van der Waals surface area contributed by atoms with Gasteiger partial charge in [-0.1, -0.05) is 12.5 Å². The third-order valence-electron chi connectivity index (χ3n) is 3.47. The van der Waals surface area contributed by atoms with Crippen LogP contribution in [-0.4, -0.2) is 23.1 Å². The minimum Gasteiger partial charge on any atom is -0.478 e. The van der Waals surface area contributed by atoms with Crippen LogP contribution in [0, 0.1) is 6.10 Å². The quantitative estimate of drug-likeness (QED) is 0.598. The number of benzene rings is 1. The van der Waals surface area contributed by atoms with Gasteiger partial charge in [0.25, 0.3) is 0 Å². The van der Waals surface area contributed by atoms with Gasteiger partial charge in [0.2, 0.25) is 0 Å². The SMILES string of the molecule is CC(C)N(C(=O)O[C-]1CCc2ccccc21)C(C)C.[Li+]. The zero-order chi connectivity index (χ0) is 14.0. The maximum atomic E-state index is 12.3. The first-order valence-electron chi connectivity index (χ1n) is 6.95. The minimum atomic E-state index is -0.239. The summed E-state index contributed by atoms with van der Waals surface area (Å²) in [4.78, 5) is 14.0. The number of carbonyl (C=O) groups is 1. The molecule has 0 aromatic heterocycles. The van der Waals surface area contributed by atoms with E-state index in [1.54, 1.807) is 4.90 Å². The van der Waals surface area contributed by atoms with Crippen LogP contribution in [0.15, 0.2) is 24.3 Å². The Balaban J connectivity index is 0.00000200. The van der Waals surface area contributed by atoms with Gasteiger partial charge in [-0.15, -0.1) is 23.3 Å². The van der Waals surface area contributed by atoms with Gasteiger partial charge in [0.1, 0.15) is 0 Å². The molecule has 0 fully saturated rings. The van der Waals surface area contributed by atoms with Gasteiger partial charge >= 0.3 is 25.0 Å². The van der Waals surface area contributed by atoms with Crippen molar-refractivity contribution in [2.75, 3.05) is 0 Å². The van der Waals surface area contributed by atoms with E-state index in [0.29, 0.717) is 0 Å². The van der Waals surface area contributed by atoms with Crippen LogP contribution >= 0.6 is 0 Å². The van der Waals surface area contributed by atoms with Crippen molar-refractivity contribution in [2.24, 2.45) is 0 Å². The number of aryl methyl sites for hydroxylation is 1. The molecule has 0 aliphatic heterocycles. The number of hydrogen-bond donors (Lipinski definition) is 0. The van der Waals surface area contributed by atoms with Gasteiger partial charge in [0.15, 0.2) is 0 Å². The molecule has 0 saturated heterocycles. The number of hydrogen-bond acceptors (Lipinski definition) is 2. The summed E-state index contributed by atoms with van der Waals surface area (Å²) in [5.41, 5.74) is 2.36. The van der Waals surface area contributed by atoms with Crippen molar-refractivity contribution in [3.8, 4) is 0 Å². The molecule has 1 aliphatic rings. The molecule has 0 atom stereocenters. The molecule has 1 aromatic carbocycles. The van der Waals surface area contributed by atoms with Gasteiger partial charge in [-0.2, -0.15) is 6.07 Å². The molecule has 0 bridgehead atoms. The van der Waals surface area contributed by atoms with Gasteiger partial charge in [0.05, 0.1) is 0 Å². The van der Waals surface area contributed by atoms with E-state index in [-0.39, 0.29) is 37.0 Å². The number of ether oxygens (including phenoxy) is 1. The second-order valence-electron chi connectivity index (χ2n) is 5.54. The Labute approximate surface area is 133 Å². The summed E-state index contributed by atoms with van der Waals surface area (Å²) in [6, 6.07) is 8.42. The van der Waals surface area contributed by atoms with Crippen LogP contribution in [0.4, 0.5) is 4.79 Å². The number of nitrogens with zero attached hydrogens (tertiary/aromatic N) is 1. The number of fused-ring (bicyclic) bond motifs is 1. The topological polar surface area (TPSA) is 29.5 Å². The first kappa shape index (κ1) is 17.0. The first-order chi connectivity index (χ1) is 9.00. The Morgan fingerprint density at radius 1 is 1.20 bits per heavy atom. The molecule has 3 nitrogen and oxygen atoms in total. The summed E-state index contributed by atoms with van der Waals surface area (Å²) in [7, 11) is 0. The van der Waals surface area contributed by atoms with Crippen LogP contribution in [-0.2, 0) is 11.2 Å². The molecule has 1 aromatic rings. The number of carbonyl (C=O) groups excluding carboxylic acids is 1. The van der Waals surface area contributed by atoms with E-state index in [1.807, 2.05) is 45.9 Å². The van der Waals surface area contributed by atoms with Crippen LogP contribution in [0.1, 0.15) is 45.2 Å². The average Bonchev–Trinajstić information content (AvgIpc) is 2.72. The molecule has 0 unspecified atom stereocenters. The van der Waals surface area contributed by atoms with E-state index < -0.39 is 0 Å². The first-order valence-corrected chi connectivity index (χ1v) is 6.95. The van der Waals surface area contributed by atoms with Crippen LogP contribution in [0.5, 0.6) is 0 Å². The molecular formula is C16H22LiNO2. The van der Waals surface area contributed by atoms with Crippen molar-refractivity contribution in [2.45, 2.75) is 52.6 Å². The summed E-state index contributed by atoms with van der Waals surface area (Å²) in [5, 5.41) is 0. The Morgan fingerprint density at radius 3 is 2.40 bits per heavy atom. The standard InChI is InChI=1S/C16H22NO2.Li/c1-11(2)17(12(3)4)16(18)19-15-10-9-13-7-5-6-8-14(13)15;/h5-8,11-12H,9-10H2,1-4H3;/q-1;+1. The third-order valence-corrected chi connectivity index (χ3v) is 3.47. The van der Waals surface area contributed by atoms with Crippen molar-refractivity contribution >= 4 is 6.09 Å². The normalized spacial score (nSPS) is 13.2. The van der Waals surface area contributed by atoms with Gasteiger partial charge in [-0.3, -0.25) is 0 Å². The minimum absolute atomic E-state index is 0. The molecule has 0 radical (unpaired) electrons. The molecule has 1 aliphatic carbocycles.